The first kappa shape index (κ1) is 10.6. The maximum absolute atomic E-state index is 13.5. The summed E-state index contributed by atoms with van der Waals surface area (Å²) in [6.07, 6.45) is 1.53. The van der Waals surface area contributed by atoms with Gasteiger partial charge in [0.05, 0.1) is 12.1 Å². The zero-order valence-corrected chi connectivity index (χ0v) is 8.83. The summed E-state index contributed by atoms with van der Waals surface area (Å²) in [5, 5.41) is 9.41. The number of fused-ring (bicyclic) bond motifs is 1. The van der Waals surface area contributed by atoms with Crippen LogP contribution in [0.1, 0.15) is 24.5 Å². The molecule has 15 heavy (non-hydrogen) atoms. The number of aliphatic hydroxyl groups excluding tert-OH is 1. The summed E-state index contributed by atoms with van der Waals surface area (Å²) in [4.78, 5) is 0. The van der Waals surface area contributed by atoms with Gasteiger partial charge in [-0.15, -0.1) is 0 Å². The predicted octanol–water partition coefficient (Wildman–Crippen LogP) is 1.55. The first-order valence-electron chi connectivity index (χ1n) is 5.27. The molecule has 1 aliphatic rings. The van der Waals surface area contributed by atoms with Gasteiger partial charge in [-0.3, -0.25) is 0 Å². The number of aliphatic hydroxyl groups is 1. The standard InChI is InChI=1S/C12H16FNO/c1-8-5-6-9-10(12(8,14)7-15)3-2-4-11(9)13/h2-4,8,15H,5-7,14H2,1H3. The molecule has 0 aromatic heterocycles. The fourth-order valence-electron chi connectivity index (χ4n) is 2.37. The molecular weight excluding hydrogens is 193 g/mol. The summed E-state index contributed by atoms with van der Waals surface area (Å²) in [6, 6.07) is 4.93. The summed E-state index contributed by atoms with van der Waals surface area (Å²) >= 11 is 0. The summed E-state index contributed by atoms with van der Waals surface area (Å²) in [6.45, 7) is 1.87. The Bertz CT molecular complexity index is 380. The van der Waals surface area contributed by atoms with Crippen molar-refractivity contribution in [3.05, 3.63) is 35.1 Å². The Labute approximate surface area is 88.9 Å². The number of hydrogen-bond donors (Lipinski definition) is 2. The van der Waals surface area contributed by atoms with Crippen LogP contribution in [-0.4, -0.2) is 11.7 Å². The van der Waals surface area contributed by atoms with Crippen molar-refractivity contribution in [1.82, 2.24) is 0 Å². The molecule has 0 heterocycles. The van der Waals surface area contributed by atoms with Crippen molar-refractivity contribution < 1.29 is 9.50 Å². The van der Waals surface area contributed by atoms with Crippen LogP contribution in [-0.2, 0) is 12.0 Å². The van der Waals surface area contributed by atoms with E-state index >= 15 is 0 Å². The van der Waals surface area contributed by atoms with Crippen molar-refractivity contribution in [3.63, 3.8) is 0 Å². The van der Waals surface area contributed by atoms with Gasteiger partial charge in [-0.2, -0.15) is 0 Å². The van der Waals surface area contributed by atoms with Crippen LogP contribution >= 0.6 is 0 Å². The molecule has 1 aromatic carbocycles. The molecule has 0 amide bonds. The minimum Gasteiger partial charge on any atom is -0.394 e. The Morgan fingerprint density at radius 2 is 2.33 bits per heavy atom. The molecule has 0 aliphatic heterocycles. The average molecular weight is 209 g/mol. The molecule has 0 saturated heterocycles. The van der Waals surface area contributed by atoms with Gasteiger partial charge in [0.15, 0.2) is 0 Å². The van der Waals surface area contributed by atoms with Crippen LogP contribution in [0, 0.1) is 11.7 Å². The lowest BCUT2D eigenvalue weighted by Gasteiger charge is -2.39. The van der Waals surface area contributed by atoms with Crippen LogP contribution in [0.25, 0.3) is 0 Å². The molecule has 0 spiro atoms. The van der Waals surface area contributed by atoms with E-state index in [2.05, 4.69) is 0 Å². The third-order valence-electron chi connectivity index (χ3n) is 3.59. The van der Waals surface area contributed by atoms with Crippen LogP contribution < -0.4 is 5.73 Å². The van der Waals surface area contributed by atoms with E-state index < -0.39 is 5.54 Å². The molecule has 3 heteroatoms. The van der Waals surface area contributed by atoms with Crippen LogP contribution in [0.4, 0.5) is 4.39 Å². The average Bonchev–Trinajstić information content (AvgIpc) is 2.24. The molecule has 0 radical (unpaired) electrons. The Morgan fingerprint density at radius 3 is 3.00 bits per heavy atom. The van der Waals surface area contributed by atoms with Crippen LogP contribution in [0.3, 0.4) is 0 Å². The number of halogens is 1. The third-order valence-corrected chi connectivity index (χ3v) is 3.59. The van der Waals surface area contributed by atoms with Crippen molar-refractivity contribution in [1.29, 1.82) is 0 Å². The maximum Gasteiger partial charge on any atom is 0.126 e. The van der Waals surface area contributed by atoms with Gasteiger partial charge in [-0.1, -0.05) is 19.1 Å². The van der Waals surface area contributed by atoms with E-state index in [0.717, 1.165) is 12.0 Å². The highest BCUT2D eigenvalue weighted by Crippen LogP contribution is 2.38. The van der Waals surface area contributed by atoms with E-state index in [1.54, 1.807) is 6.07 Å². The molecule has 82 valence electrons. The van der Waals surface area contributed by atoms with Crippen LogP contribution in [0.5, 0.6) is 0 Å². The quantitative estimate of drug-likeness (QED) is 0.737. The summed E-state index contributed by atoms with van der Waals surface area (Å²) in [5.74, 6) is -0.0283. The second-order valence-electron chi connectivity index (χ2n) is 4.40. The van der Waals surface area contributed by atoms with Crippen LogP contribution in [0.2, 0.25) is 0 Å². The first-order chi connectivity index (χ1) is 7.09. The Morgan fingerprint density at radius 1 is 1.60 bits per heavy atom. The van der Waals surface area contributed by atoms with Crippen molar-refractivity contribution in [2.24, 2.45) is 11.7 Å². The van der Waals surface area contributed by atoms with E-state index in [1.807, 2.05) is 13.0 Å². The zero-order valence-electron chi connectivity index (χ0n) is 8.83. The van der Waals surface area contributed by atoms with Gasteiger partial charge in [0.1, 0.15) is 5.82 Å². The first-order valence-corrected chi connectivity index (χ1v) is 5.27. The van der Waals surface area contributed by atoms with E-state index in [0.29, 0.717) is 12.0 Å². The second kappa shape index (κ2) is 3.58. The third kappa shape index (κ3) is 1.46. The van der Waals surface area contributed by atoms with Gasteiger partial charge >= 0.3 is 0 Å². The van der Waals surface area contributed by atoms with Crippen molar-refractivity contribution in [2.45, 2.75) is 25.3 Å². The molecule has 3 N–H and O–H groups in total. The van der Waals surface area contributed by atoms with E-state index in [4.69, 9.17) is 5.73 Å². The second-order valence-corrected chi connectivity index (χ2v) is 4.40. The molecule has 0 bridgehead atoms. The topological polar surface area (TPSA) is 46.2 Å². The van der Waals surface area contributed by atoms with E-state index in [1.165, 1.54) is 6.07 Å². The number of benzene rings is 1. The molecular formula is C12H16FNO. The van der Waals surface area contributed by atoms with Crippen molar-refractivity contribution >= 4 is 0 Å². The predicted molar refractivity (Wildman–Crippen MR) is 56.8 cm³/mol. The minimum absolute atomic E-state index is 0.134. The van der Waals surface area contributed by atoms with Crippen molar-refractivity contribution in [2.75, 3.05) is 6.61 Å². The van der Waals surface area contributed by atoms with Gasteiger partial charge in [-0.05, 0) is 36.0 Å². The monoisotopic (exact) mass is 209 g/mol. The molecule has 2 rings (SSSR count). The Hall–Kier alpha value is -0.930. The summed E-state index contributed by atoms with van der Waals surface area (Å²) in [7, 11) is 0. The fraction of sp³-hybridized carbons (Fsp3) is 0.500. The Balaban J connectivity index is 2.58. The lowest BCUT2D eigenvalue weighted by molar-refractivity contribution is 0.132. The highest BCUT2D eigenvalue weighted by molar-refractivity contribution is 5.37. The van der Waals surface area contributed by atoms with Gasteiger partial charge in [0, 0.05) is 0 Å². The number of hydrogen-bond acceptors (Lipinski definition) is 2. The highest BCUT2D eigenvalue weighted by Gasteiger charge is 2.38. The molecule has 2 nitrogen and oxygen atoms in total. The largest absolute Gasteiger partial charge is 0.394 e. The molecule has 1 aromatic rings. The molecule has 2 atom stereocenters. The zero-order chi connectivity index (χ0) is 11.1. The van der Waals surface area contributed by atoms with Crippen molar-refractivity contribution in [3.8, 4) is 0 Å². The van der Waals surface area contributed by atoms with Gasteiger partial charge in [0.2, 0.25) is 0 Å². The Kier molecular flexibility index (Phi) is 2.52. The number of nitrogens with two attached hydrogens (primary N) is 1. The van der Waals surface area contributed by atoms with E-state index in [-0.39, 0.29) is 18.3 Å². The van der Waals surface area contributed by atoms with Crippen LogP contribution in [0.15, 0.2) is 18.2 Å². The highest BCUT2D eigenvalue weighted by atomic mass is 19.1. The fourth-order valence-corrected chi connectivity index (χ4v) is 2.37. The minimum atomic E-state index is -0.782. The summed E-state index contributed by atoms with van der Waals surface area (Å²) < 4.78 is 13.5. The smallest absolute Gasteiger partial charge is 0.126 e. The van der Waals surface area contributed by atoms with Gasteiger partial charge in [0.25, 0.3) is 0 Å². The lowest BCUT2D eigenvalue weighted by Crippen LogP contribution is -2.49. The van der Waals surface area contributed by atoms with Gasteiger partial charge in [-0.25, -0.2) is 4.39 Å². The number of rotatable bonds is 1. The molecule has 2 unspecified atom stereocenters. The maximum atomic E-state index is 13.5. The normalized spacial score (nSPS) is 30.0. The van der Waals surface area contributed by atoms with Gasteiger partial charge < -0.3 is 10.8 Å². The molecule has 0 saturated carbocycles. The molecule has 0 fully saturated rings. The van der Waals surface area contributed by atoms with E-state index in [9.17, 15) is 9.50 Å². The lowest BCUT2D eigenvalue weighted by atomic mass is 9.71. The summed E-state index contributed by atoms with van der Waals surface area (Å²) in [5.41, 5.74) is 6.82. The molecule has 1 aliphatic carbocycles. The SMILES string of the molecule is CC1CCc2c(F)cccc2C1(N)CO.